The van der Waals surface area contributed by atoms with Crippen molar-refractivity contribution in [3.8, 4) is 0 Å². The fourth-order valence-corrected chi connectivity index (χ4v) is 5.19. The number of likely N-dealkylation sites (tertiary alicyclic amines) is 1. The SMILES string of the molecule is C.C.C.C.[3H]C1CCCCC1C(=O)NCNCC.[3H]C1CCCCC1C(=O)NCSC1CC(=O)N(CC)C1=O. The lowest BCUT2D eigenvalue weighted by Crippen LogP contribution is -2.38. The monoisotopic (exact) mass is 550 g/mol. The van der Waals surface area contributed by atoms with Crippen LogP contribution < -0.4 is 16.0 Å². The molecule has 0 spiro atoms. The normalized spacial score (nSPS) is 27.3. The summed E-state index contributed by atoms with van der Waals surface area (Å²) in [4.78, 5) is 48.4. The van der Waals surface area contributed by atoms with Gasteiger partial charge in [0.25, 0.3) is 0 Å². The van der Waals surface area contributed by atoms with Crippen molar-refractivity contribution in [1.29, 1.82) is 0 Å². The van der Waals surface area contributed by atoms with Crippen LogP contribution in [0.15, 0.2) is 0 Å². The Morgan fingerprint density at radius 2 is 1.43 bits per heavy atom. The first-order chi connectivity index (χ1) is 16.8. The predicted octanol–water partition coefficient (Wildman–Crippen LogP) is 5.32. The maximum Gasteiger partial charge on any atom is 0.242 e. The summed E-state index contributed by atoms with van der Waals surface area (Å²) in [5.74, 6) is -0.321. The number of imide groups is 1. The molecule has 220 valence electrons. The van der Waals surface area contributed by atoms with Crippen LogP contribution in [-0.2, 0) is 19.2 Å². The van der Waals surface area contributed by atoms with Crippen LogP contribution >= 0.6 is 11.8 Å². The lowest BCUT2D eigenvalue weighted by molar-refractivity contribution is -0.138. The second-order valence-electron chi connectivity index (χ2n) is 8.60. The summed E-state index contributed by atoms with van der Waals surface area (Å²) in [5.41, 5.74) is 0. The third-order valence-electron chi connectivity index (χ3n) is 6.20. The number of hydrogen-bond acceptors (Lipinski definition) is 6. The van der Waals surface area contributed by atoms with E-state index >= 15 is 0 Å². The van der Waals surface area contributed by atoms with E-state index in [0.29, 0.717) is 19.1 Å². The maximum atomic E-state index is 12.0. The smallest absolute Gasteiger partial charge is 0.242 e. The summed E-state index contributed by atoms with van der Waals surface area (Å²) in [6, 6.07) is 0. The zero-order valence-corrected chi connectivity index (χ0v) is 20.9. The van der Waals surface area contributed by atoms with Crippen LogP contribution in [0.3, 0.4) is 0 Å². The molecule has 3 N–H and O–H groups in total. The second-order valence-corrected chi connectivity index (χ2v) is 9.79. The molecule has 0 aromatic heterocycles. The van der Waals surface area contributed by atoms with E-state index in [-0.39, 0.29) is 89.6 Å². The van der Waals surface area contributed by atoms with E-state index in [4.69, 9.17) is 2.74 Å². The third-order valence-corrected chi connectivity index (χ3v) is 7.28. The molecule has 37 heavy (non-hydrogen) atoms. The zero-order valence-electron chi connectivity index (χ0n) is 22.1. The van der Waals surface area contributed by atoms with Gasteiger partial charge in [-0.15, -0.1) is 11.8 Å². The number of carbonyl (C=O) groups excluding carboxylic acids is 4. The van der Waals surface area contributed by atoms with Crippen molar-refractivity contribution < 1.29 is 21.9 Å². The molecule has 8 nitrogen and oxygen atoms in total. The number of amides is 4. The van der Waals surface area contributed by atoms with Gasteiger partial charge < -0.3 is 16.0 Å². The second kappa shape index (κ2) is 22.4. The number of thioether (sulfide) groups is 1. The molecule has 3 fully saturated rings. The topological polar surface area (TPSA) is 108 Å². The molecular weight excluding hydrogens is 488 g/mol. The Hall–Kier alpha value is -1.61. The van der Waals surface area contributed by atoms with Gasteiger partial charge in [-0.1, -0.05) is 75.2 Å². The molecule has 5 atom stereocenters. The number of hydrogen-bond donors (Lipinski definition) is 3. The van der Waals surface area contributed by atoms with Crippen LogP contribution in [0.1, 0.15) is 117 Å². The number of carbonyl (C=O) groups is 4. The van der Waals surface area contributed by atoms with Crippen molar-refractivity contribution in [3.63, 3.8) is 0 Å². The molecule has 0 aromatic carbocycles. The first-order valence-corrected chi connectivity index (χ1v) is 13.4. The molecule has 4 amide bonds. The first-order valence-electron chi connectivity index (χ1n) is 13.5. The van der Waals surface area contributed by atoms with Crippen molar-refractivity contribution in [2.45, 2.75) is 119 Å². The lowest BCUT2D eigenvalue weighted by atomic mass is 9.89. The van der Waals surface area contributed by atoms with Crippen molar-refractivity contribution in [2.24, 2.45) is 11.8 Å². The molecule has 0 aromatic rings. The van der Waals surface area contributed by atoms with E-state index in [1.165, 1.54) is 16.7 Å². The van der Waals surface area contributed by atoms with Crippen LogP contribution in [-0.4, -0.2) is 59.4 Å². The molecule has 3 rings (SSSR count). The highest BCUT2D eigenvalue weighted by atomic mass is 32.2. The molecule has 0 bridgehead atoms. The molecule has 5 unspecified atom stereocenters. The van der Waals surface area contributed by atoms with Gasteiger partial charge in [-0.05, 0) is 39.1 Å². The standard InChI is InChI=1S/C14H22N2O3S.C10H20N2O.4CH4/c1-2-16-12(17)8-11(14(16)19)20-9-15-13(18)10-6-4-3-5-7-10;1-2-11-8-12-10(13)9-6-4-3-5-7-9;;;;/h10-11H,2-9H2,1H3,(H,15,18);9,11H,2-8H2,1H3,(H,12,13);4*1H4/i2*6T;;;;. The minimum Gasteiger partial charge on any atom is -0.347 e. The van der Waals surface area contributed by atoms with Crippen molar-refractivity contribution in [3.05, 3.63) is 0 Å². The molecule has 2 saturated carbocycles. The van der Waals surface area contributed by atoms with Gasteiger partial charge in [0.2, 0.25) is 23.6 Å². The van der Waals surface area contributed by atoms with Crippen LogP contribution in [0.25, 0.3) is 0 Å². The van der Waals surface area contributed by atoms with E-state index in [2.05, 4.69) is 16.0 Å². The average molecular weight is 551 g/mol. The Bertz CT molecular complexity index is 732. The van der Waals surface area contributed by atoms with Gasteiger partial charge in [0, 0.05) is 27.5 Å². The van der Waals surface area contributed by atoms with Crippen molar-refractivity contribution in [1.82, 2.24) is 20.9 Å². The van der Waals surface area contributed by atoms with Crippen molar-refractivity contribution in [2.75, 3.05) is 25.6 Å². The minimum atomic E-state index is -0.379. The molecular formula is C28H58N4O4S. The summed E-state index contributed by atoms with van der Waals surface area (Å²) >= 11 is 1.30. The Labute approximate surface area is 235 Å². The Morgan fingerprint density at radius 1 is 0.892 bits per heavy atom. The summed E-state index contributed by atoms with van der Waals surface area (Å²) in [7, 11) is 0. The van der Waals surface area contributed by atoms with Crippen LogP contribution in [0.4, 0.5) is 0 Å². The van der Waals surface area contributed by atoms with Crippen molar-refractivity contribution >= 4 is 35.4 Å². The quantitative estimate of drug-likeness (QED) is 0.204. The Balaban J connectivity index is -0.000000642. The molecule has 2 aliphatic carbocycles. The fourth-order valence-electron chi connectivity index (χ4n) is 4.23. The molecule has 0 radical (unpaired) electrons. The largest absolute Gasteiger partial charge is 0.347 e. The van der Waals surface area contributed by atoms with Crippen LogP contribution in [0.5, 0.6) is 0 Å². The van der Waals surface area contributed by atoms with Crippen LogP contribution in [0.2, 0.25) is 0 Å². The van der Waals surface area contributed by atoms with Gasteiger partial charge in [-0.25, -0.2) is 0 Å². The zero-order chi connectivity index (χ0) is 25.8. The van der Waals surface area contributed by atoms with Gasteiger partial charge >= 0.3 is 0 Å². The highest BCUT2D eigenvalue weighted by molar-refractivity contribution is 8.00. The fraction of sp³-hybridized carbons (Fsp3) is 0.857. The summed E-state index contributed by atoms with van der Waals surface area (Å²) < 4.78 is 15.7. The molecule has 1 heterocycles. The van der Waals surface area contributed by atoms with E-state index in [9.17, 15) is 19.2 Å². The first kappa shape index (κ1) is 35.4. The van der Waals surface area contributed by atoms with E-state index in [0.717, 1.165) is 57.9 Å². The summed E-state index contributed by atoms with van der Waals surface area (Å²) in [6.45, 7) is 5.57. The summed E-state index contributed by atoms with van der Waals surface area (Å²) in [5, 5.41) is 8.27. The van der Waals surface area contributed by atoms with Gasteiger partial charge in [-0.3, -0.25) is 24.1 Å². The summed E-state index contributed by atoms with van der Waals surface area (Å²) in [6.07, 6.45) is 7.25. The minimum absolute atomic E-state index is 0. The highest BCUT2D eigenvalue weighted by Gasteiger charge is 2.37. The highest BCUT2D eigenvalue weighted by Crippen LogP contribution is 2.26. The van der Waals surface area contributed by atoms with Gasteiger partial charge in [-0.2, -0.15) is 0 Å². The molecule has 9 heteroatoms. The number of rotatable bonds is 9. The van der Waals surface area contributed by atoms with E-state index in [1.54, 1.807) is 6.92 Å². The third kappa shape index (κ3) is 13.7. The average Bonchev–Trinajstić information content (AvgIpc) is 3.12. The van der Waals surface area contributed by atoms with Crippen LogP contribution in [0, 0.1) is 11.8 Å². The van der Waals surface area contributed by atoms with E-state index in [1.807, 2.05) is 6.92 Å². The Morgan fingerprint density at radius 3 is 1.89 bits per heavy atom. The molecule has 1 aliphatic heterocycles. The number of nitrogens with one attached hydrogen (secondary N) is 3. The van der Waals surface area contributed by atoms with Gasteiger partial charge in [0.15, 0.2) is 0 Å². The Kier molecular flexibility index (Phi) is 21.4. The van der Waals surface area contributed by atoms with Gasteiger partial charge in [0.05, 0.1) is 17.8 Å². The number of nitrogens with zero attached hydrogens (tertiary/aromatic N) is 1. The molecule has 3 aliphatic rings. The lowest BCUT2D eigenvalue weighted by Gasteiger charge is -2.20. The predicted molar refractivity (Wildman–Crippen MR) is 158 cm³/mol. The van der Waals surface area contributed by atoms with E-state index < -0.39 is 0 Å². The van der Waals surface area contributed by atoms with Gasteiger partial charge in [0.1, 0.15) is 0 Å². The molecule has 1 saturated heterocycles. The maximum absolute atomic E-state index is 12.0.